The average molecular weight is 334 g/mol. The first kappa shape index (κ1) is 16.7. The van der Waals surface area contributed by atoms with Gasteiger partial charge >= 0.3 is 0 Å². The van der Waals surface area contributed by atoms with Gasteiger partial charge in [-0.05, 0) is 71.3 Å². The molecule has 0 saturated heterocycles. The van der Waals surface area contributed by atoms with Crippen molar-refractivity contribution in [3.8, 4) is 0 Å². The summed E-state index contributed by atoms with van der Waals surface area (Å²) < 4.78 is 0. The molecule has 4 rings (SSSR count). The SMILES string of the molecule is CN1CCC(C(C)(C)C)c2cc(CC3Cc4ccccc4C3)ccc21. The molecule has 1 aliphatic heterocycles. The maximum absolute atomic E-state index is 2.53. The first-order chi connectivity index (χ1) is 11.9. The number of anilines is 1. The first-order valence-corrected chi connectivity index (χ1v) is 9.82. The van der Waals surface area contributed by atoms with Gasteiger partial charge in [-0.2, -0.15) is 0 Å². The maximum atomic E-state index is 2.53. The van der Waals surface area contributed by atoms with Gasteiger partial charge in [-0.15, -0.1) is 0 Å². The quantitative estimate of drug-likeness (QED) is 0.690. The van der Waals surface area contributed by atoms with Crippen molar-refractivity contribution in [3.63, 3.8) is 0 Å². The third kappa shape index (κ3) is 3.21. The Kier molecular flexibility index (Phi) is 4.14. The molecule has 0 N–H and O–H groups in total. The molecule has 0 fully saturated rings. The van der Waals surface area contributed by atoms with Crippen molar-refractivity contribution in [1.29, 1.82) is 0 Å². The summed E-state index contributed by atoms with van der Waals surface area (Å²) in [5.41, 5.74) is 8.02. The van der Waals surface area contributed by atoms with E-state index in [1.807, 2.05) is 0 Å². The zero-order chi connectivity index (χ0) is 17.6. The van der Waals surface area contributed by atoms with Crippen LogP contribution in [0.1, 0.15) is 55.4 Å². The number of fused-ring (bicyclic) bond motifs is 2. The molecule has 132 valence electrons. The normalized spacial score (nSPS) is 20.5. The predicted octanol–water partition coefficient (Wildman–Crippen LogP) is 5.61. The number of nitrogens with zero attached hydrogens (tertiary/aromatic N) is 1. The van der Waals surface area contributed by atoms with Crippen LogP contribution in [-0.4, -0.2) is 13.6 Å². The molecule has 1 aliphatic carbocycles. The van der Waals surface area contributed by atoms with Crippen molar-refractivity contribution in [2.24, 2.45) is 11.3 Å². The van der Waals surface area contributed by atoms with E-state index < -0.39 is 0 Å². The summed E-state index contributed by atoms with van der Waals surface area (Å²) in [5.74, 6) is 1.43. The van der Waals surface area contributed by atoms with Crippen LogP contribution in [-0.2, 0) is 19.3 Å². The van der Waals surface area contributed by atoms with Gasteiger partial charge in [0.05, 0.1) is 0 Å². The van der Waals surface area contributed by atoms with Crippen LogP contribution in [0.15, 0.2) is 42.5 Å². The van der Waals surface area contributed by atoms with Gasteiger partial charge in [0.15, 0.2) is 0 Å². The summed E-state index contributed by atoms with van der Waals surface area (Å²) in [5, 5.41) is 0. The molecule has 2 aromatic rings. The van der Waals surface area contributed by atoms with E-state index in [0.717, 1.165) is 5.92 Å². The monoisotopic (exact) mass is 333 g/mol. The van der Waals surface area contributed by atoms with Crippen LogP contribution in [0.4, 0.5) is 5.69 Å². The highest BCUT2D eigenvalue weighted by molar-refractivity contribution is 5.58. The molecule has 1 unspecified atom stereocenters. The summed E-state index contributed by atoms with van der Waals surface area (Å²) in [4.78, 5) is 2.44. The van der Waals surface area contributed by atoms with Gasteiger partial charge in [-0.25, -0.2) is 0 Å². The Morgan fingerprint density at radius 3 is 2.32 bits per heavy atom. The molecule has 1 nitrogen and oxygen atoms in total. The minimum atomic E-state index is 0.332. The molecule has 0 radical (unpaired) electrons. The molecule has 0 bridgehead atoms. The van der Waals surface area contributed by atoms with E-state index in [1.54, 1.807) is 16.7 Å². The van der Waals surface area contributed by atoms with Gasteiger partial charge in [0.2, 0.25) is 0 Å². The van der Waals surface area contributed by atoms with E-state index in [1.165, 1.54) is 43.5 Å². The number of hydrogen-bond acceptors (Lipinski definition) is 1. The summed E-state index contributed by atoms with van der Waals surface area (Å²) >= 11 is 0. The van der Waals surface area contributed by atoms with E-state index in [-0.39, 0.29) is 0 Å². The van der Waals surface area contributed by atoms with Gasteiger partial charge in [-0.1, -0.05) is 57.2 Å². The topological polar surface area (TPSA) is 3.24 Å². The molecule has 0 saturated carbocycles. The number of hydrogen-bond donors (Lipinski definition) is 0. The molecule has 2 aliphatic rings. The lowest BCUT2D eigenvalue weighted by Gasteiger charge is -2.40. The van der Waals surface area contributed by atoms with Crippen LogP contribution in [0, 0.1) is 11.3 Å². The molecular formula is C24H31N. The van der Waals surface area contributed by atoms with Crippen molar-refractivity contribution in [3.05, 3.63) is 64.7 Å². The third-order valence-corrected chi connectivity index (χ3v) is 6.34. The highest BCUT2D eigenvalue weighted by Gasteiger charge is 2.32. The molecule has 0 aromatic heterocycles. The Morgan fingerprint density at radius 2 is 1.68 bits per heavy atom. The Labute approximate surface area is 153 Å². The largest absolute Gasteiger partial charge is 0.374 e. The molecule has 2 aromatic carbocycles. The van der Waals surface area contributed by atoms with Crippen molar-refractivity contribution < 1.29 is 0 Å². The lowest BCUT2D eigenvalue weighted by molar-refractivity contribution is 0.300. The van der Waals surface area contributed by atoms with Crippen LogP contribution in [0.25, 0.3) is 0 Å². The fourth-order valence-electron chi connectivity index (χ4n) is 4.98. The first-order valence-electron chi connectivity index (χ1n) is 9.82. The number of benzene rings is 2. The Balaban J connectivity index is 1.58. The summed E-state index contributed by atoms with van der Waals surface area (Å²) in [6, 6.07) is 16.3. The van der Waals surface area contributed by atoms with Crippen molar-refractivity contribution in [2.45, 2.75) is 52.4 Å². The molecule has 1 atom stereocenters. The maximum Gasteiger partial charge on any atom is 0.0399 e. The van der Waals surface area contributed by atoms with Crippen molar-refractivity contribution >= 4 is 5.69 Å². The van der Waals surface area contributed by atoms with Crippen LogP contribution >= 0.6 is 0 Å². The van der Waals surface area contributed by atoms with Gasteiger partial charge < -0.3 is 4.90 Å². The van der Waals surface area contributed by atoms with E-state index in [0.29, 0.717) is 11.3 Å². The molecule has 1 heterocycles. The Bertz CT molecular complexity index is 743. The zero-order valence-electron chi connectivity index (χ0n) is 16.2. The smallest absolute Gasteiger partial charge is 0.0399 e. The van der Waals surface area contributed by atoms with Crippen LogP contribution in [0.3, 0.4) is 0 Å². The highest BCUT2D eigenvalue weighted by Crippen LogP contribution is 2.45. The minimum Gasteiger partial charge on any atom is -0.374 e. The molecular weight excluding hydrogens is 302 g/mol. The van der Waals surface area contributed by atoms with Gasteiger partial charge in [0.1, 0.15) is 0 Å². The summed E-state index contributed by atoms with van der Waals surface area (Å²) in [7, 11) is 2.24. The second-order valence-electron chi connectivity index (χ2n) is 9.27. The second-order valence-corrected chi connectivity index (χ2v) is 9.27. The second kappa shape index (κ2) is 6.20. The van der Waals surface area contributed by atoms with E-state index in [2.05, 4.69) is 75.2 Å². The molecule has 25 heavy (non-hydrogen) atoms. The Morgan fingerprint density at radius 1 is 1.00 bits per heavy atom. The van der Waals surface area contributed by atoms with Gasteiger partial charge in [0.25, 0.3) is 0 Å². The lowest BCUT2D eigenvalue weighted by atomic mass is 9.72. The van der Waals surface area contributed by atoms with E-state index in [4.69, 9.17) is 0 Å². The van der Waals surface area contributed by atoms with Gasteiger partial charge in [-0.3, -0.25) is 0 Å². The van der Waals surface area contributed by atoms with Crippen LogP contribution in [0.2, 0.25) is 0 Å². The average Bonchev–Trinajstić information content (AvgIpc) is 2.96. The molecule has 0 spiro atoms. The minimum absolute atomic E-state index is 0.332. The van der Waals surface area contributed by atoms with Crippen LogP contribution in [0.5, 0.6) is 0 Å². The molecule has 1 heteroatoms. The van der Waals surface area contributed by atoms with Crippen molar-refractivity contribution in [1.82, 2.24) is 0 Å². The fourth-order valence-corrected chi connectivity index (χ4v) is 4.98. The fraction of sp³-hybridized carbons (Fsp3) is 0.500. The molecule has 0 amide bonds. The third-order valence-electron chi connectivity index (χ3n) is 6.34. The Hall–Kier alpha value is -1.76. The van der Waals surface area contributed by atoms with Gasteiger partial charge in [0, 0.05) is 19.3 Å². The summed E-state index contributed by atoms with van der Waals surface area (Å²) in [6.45, 7) is 8.36. The lowest BCUT2D eigenvalue weighted by Crippen LogP contribution is -2.32. The highest BCUT2D eigenvalue weighted by atomic mass is 15.1. The number of rotatable bonds is 2. The van der Waals surface area contributed by atoms with E-state index >= 15 is 0 Å². The van der Waals surface area contributed by atoms with Crippen molar-refractivity contribution in [2.75, 3.05) is 18.5 Å². The summed E-state index contributed by atoms with van der Waals surface area (Å²) in [6.07, 6.45) is 4.97. The standard InChI is InChI=1S/C24H31N/c1-24(2,3)22-11-12-25(4)23-10-9-17(16-21(22)23)13-18-14-19-7-5-6-8-20(19)15-18/h5-10,16,18,22H,11-15H2,1-4H3. The van der Waals surface area contributed by atoms with E-state index in [9.17, 15) is 0 Å². The van der Waals surface area contributed by atoms with Crippen LogP contribution < -0.4 is 4.90 Å². The predicted molar refractivity (Wildman–Crippen MR) is 108 cm³/mol. The zero-order valence-corrected chi connectivity index (χ0v) is 16.2.